The molecule has 0 aliphatic heterocycles. The number of hydrogen-bond donors (Lipinski definition) is 0. The molecule has 0 bridgehead atoms. The van der Waals surface area contributed by atoms with Crippen molar-refractivity contribution in [3.8, 4) is 0 Å². The number of nitrogens with zero attached hydrogens (tertiary/aromatic N) is 3. The van der Waals surface area contributed by atoms with Crippen LogP contribution in [-0.2, 0) is 21.3 Å². The fraction of sp³-hybridized carbons (Fsp3) is 0.700. The van der Waals surface area contributed by atoms with Gasteiger partial charge in [-0.1, -0.05) is 0 Å². The van der Waals surface area contributed by atoms with Crippen LogP contribution in [0.3, 0.4) is 0 Å². The molecule has 0 saturated carbocycles. The largest absolute Gasteiger partial charge is 0.383 e. The van der Waals surface area contributed by atoms with Crippen molar-refractivity contribution >= 4 is 21.6 Å². The SMILES string of the molecule is COCC(C)N(C)S(=O)(=O)c1cnn(CCCl)c1. The fourth-order valence-electron chi connectivity index (χ4n) is 1.44. The van der Waals surface area contributed by atoms with Crippen molar-refractivity contribution in [1.29, 1.82) is 0 Å². The molecule has 1 atom stereocenters. The summed E-state index contributed by atoms with van der Waals surface area (Å²) in [7, 11) is -0.468. The molecule has 0 saturated heterocycles. The van der Waals surface area contributed by atoms with Gasteiger partial charge in [0.25, 0.3) is 0 Å². The number of aryl methyl sites for hydroxylation is 1. The Morgan fingerprint density at radius 2 is 2.28 bits per heavy atom. The molecule has 104 valence electrons. The number of hydrogen-bond acceptors (Lipinski definition) is 4. The number of rotatable bonds is 7. The van der Waals surface area contributed by atoms with Gasteiger partial charge in [0.15, 0.2) is 0 Å². The van der Waals surface area contributed by atoms with Crippen molar-refractivity contribution in [1.82, 2.24) is 14.1 Å². The molecule has 1 aromatic rings. The number of aromatic nitrogens is 2. The second-order valence-corrected chi connectivity index (χ2v) is 6.33. The number of sulfonamides is 1. The molecule has 1 aromatic heterocycles. The summed E-state index contributed by atoms with van der Waals surface area (Å²) in [6, 6.07) is -0.239. The third kappa shape index (κ3) is 3.44. The van der Waals surface area contributed by atoms with Crippen LogP contribution >= 0.6 is 11.6 Å². The van der Waals surface area contributed by atoms with Gasteiger partial charge in [-0.05, 0) is 6.92 Å². The first-order valence-corrected chi connectivity index (χ1v) is 7.46. The van der Waals surface area contributed by atoms with E-state index in [-0.39, 0.29) is 10.9 Å². The predicted molar refractivity (Wildman–Crippen MR) is 69.2 cm³/mol. The first kappa shape index (κ1) is 15.4. The highest BCUT2D eigenvalue weighted by atomic mass is 35.5. The van der Waals surface area contributed by atoms with E-state index in [1.165, 1.54) is 35.5 Å². The molecule has 1 unspecified atom stereocenters. The molecule has 0 radical (unpaired) electrons. The van der Waals surface area contributed by atoms with E-state index in [9.17, 15) is 8.42 Å². The Labute approximate surface area is 113 Å². The van der Waals surface area contributed by atoms with Gasteiger partial charge in [-0.25, -0.2) is 8.42 Å². The molecule has 18 heavy (non-hydrogen) atoms. The standard InChI is InChI=1S/C10H18ClN3O3S/c1-9(8-17-3)13(2)18(15,16)10-6-12-14(7-10)5-4-11/h6-7,9H,4-5,8H2,1-3H3. The second-order valence-electron chi connectivity index (χ2n) is 3.95. The van der Waals surface area contributed by atoms with Gasteiger partial charge in [-0.3, -0.25) is 4.68 Å². The minimum Gasteiger partial charge on any atom is -0.383 e. The average molecular weight is 296 g/mol. The van der Waals surface area contributed by atoms with Gasteiger partial charge < -0.3 is 4.74 Å². The van der Waals surface area contributed by atoms with Crippen molar-refractivity contribution in [2.75, 3.05) is 26.6 Å². The third-order valence-electron chi connectivity index (χ3n) is 2.63. The minimum atomic E-state index is -3.53. The Morgan fingerprint density at radius 3 is 2.83 bits per heavy atom. The Kier molecular flexibility index (Phi) is 5.58. The maximum absolute atomic E-state index is 12.3. The van der Waals surface area contributed by atoms with Crippen LogP contribution < -0.4 is 0 Å². The zero-order chi connectivity index (χ0) is 13.8. The first-order valence-electron chi connectivity index (χ1n) is 5.49. The quantitative estimate of drug-likeness (QED) is 0.697. The highest BCUT2D eigenvalue weighted by Crippen LogP contribution is 2.15. The van der Waals surface area contributed by atoms with Crippen LogP contribution in [0.15, 0.2) is 17.3 Å². The molecule has 0 spiro atoms. The summed E-state index contributed by atoms with van der Waals surface area (Å²) in [5.41, 5.74) is 0. The van der Waals surface area contributed by atoms with Gasteiger partial charge in [-0.2, -0.15) is 9.40 Å². The van der Waals surface area contributed by atoms with Crippen LogP contribution in [0.25, 0.3) is 0 Å². The number of ether oxygens (including phenoxy) is 1. The topological polar surface area (TPSA) is 64.4 Å². The van der Waals surface area contributed by atoms with Gasteiger partial charge in [0.05, 0.1) is 19.3 Å². The maximum atomic E-state index is 12.3. The van der Waals surface area contributed by atoms with E-state index in [1.807, 2.05) is 0 Å². The van der Waals surface area contributed by atoms with E-state index in [0.717, 1.165) is 0 Å². The van der Waals surface area contributed by atoms with E-state index in [2.05, 4.69) is 5.10 Å². The number of alkyl halides is 1. The molecule has 6 nitrogen and oxygen atoms in total. The van der Waals surface area contributed by atoms with E-state index in [0.29, 0.717) is 19.0 Å². The molecular formula is C10H18ClN3O3S. The van der Waals surface area contributed by atoms with Crippen molar-refractivity contribution < 1.29 is 13.2 Å². The summed E-state index contributed by atoms with van der Waals surface area (Å²) < 4.78 is 32.2. The predicted octanol–water partition coefficient (Wildman–Crippen LogP) is 0.777. The Balaban J connectivity index is 2.90. The Hall–Kier alpha value is -0.630. The van der Waals surface area contributed by atoms with Crippen LogP contribution in [0.1, 0.15) is 6.92 Å². The van der Waals surface area contributed by atoms with E-state index >= 15 is 0 Å². The van der Waals surface area contributed by atoms with Crippen molar-refractivity contribution in [2.45, 2.75) is 24.4 Å². The smallest absolute Gasteiger partial charge is 0.246 e. The average Bonchev–Trinajstić information content (AvgIpc) is 2.78. The molecule has 0 aromatic carbocycles. The van der Waals surface area contributed by atoms with Crippen LogP contribution in [0.2, 0.25) is 0 Å². The van der Waals surface area contributed by atoms with Crippen LogP contribution in [-0.4, -0.2) is 55.2 Å². The first-order chi connectivity index (χ1) is 8.43. The summed E-state index contributed by atoms with van der Waals surface area (Å²) in [6.07, 6.45) is 2.81. The van der Waals surface area contributed by atoms with Gasteiger partial charge >= 0.3 is 0 Å². The molecule has 0 N–H and O–H groups in total. The van der Waals surface area contributed by atoms with Gasteiger partial charge in [0.1, 0.15) is 4.90 Å². The van der Waals surface area contributed by atoms with E-state index in [4.69, 9.17) is 16.3 Å². The molecule has 0 aliphatic carbocycles. The molecular weight excluding hydrogens is 278 g/mol. The fourth-order valence-corrected chi connectivity index (χ4v) is 2.91. The summed E-state index contributed by atoms with van der Waals surface area (Å²) in [5.74, 6) is 0.386. The third-order valence-corrected chi connectivity index (χ3v) is 4.72. The lowest BCUT2D eigenvalue weighted by atomic mass is 10.4. The number of halogens is 1. The maximum Gasteiger partial charge on any atom is 0.246 e. The summed E-state index contributed by atoms with van der Waals surface area (Å²) in [4.78, 5) is 0.165. The Morgan fingerprint density at radius 1 is 1.61 bits per heavy atom. The summed E-state index contributed by atoms with van der Waals surface area (Å²) in [6.45, 7) is 2.60. The lowest BCUT2D eigenvalue weighted by molar-refractivity contribution is 0.149. The molecule has 1 rings (SSSR count). The van der Waals surface area contributed by atoms with Crippen LogP contribution in [0.4, 0.5) is 0 Å². The van der Waals surface area contributed by atoms with Gasteiger partial charge in [0.2, 0.25) is 10.0 Å². The van der Waals surface area contributed by atoms with Gasteiger partial charge in [-0.15, -0.1) is 11.6 Å². The summed E-state index contributed by atoms with van der Waals surface area (Å²) >= 11 is 5.58. The van der Waals surface area contributed by atoms with Crippen molar-refractivity contribution in [3.63, 3.8) is 0 Å². The zero-order valence-corrected chi connectivity index (χ0v) is 12.3. The highest BCUT2D eigenvalue weighted by Gasteiger charge is 2.26. The molecule has 0 aliphatic rings. The monoisotopic (exact) mass is 295 g/mol. The molecule has 8 heteroatoms. The number of likely N-dealkylation sites (N-methyl/N-ethyl adjacent to an activating group) is 1. The van der Waals surface area contributed by atoms with E-state index < -0.39 is 10.0 Å². The number of methoxy groups -OCH3 is 1. The second kappa shape index (κ2) is 6.51. The molecule has 1 heterocycles. The summed E-state index contributed by atoms with van der Waals surface area (Å²) in [5, 5.41) is 3.96. The van der Waals surface area contributed by atoms with Crippen molar-refractivity contribution in [3.05, 3.63) is 12.4 Å². The van der Waals surface area contributed by atoms with Crippen LogP contribution in [0.5, 0.6) is 0 Å². The molecule has 0 amide bonds. The highest BCUT2D eigenvalue weighted by molar-refractivity contribution is 7.89. The molecule has 0 fully saturated rings. The van der Waals surface area contributed by atoms with Crippen LogP contribution in [0, 0.1) is 0 Å². The lowest BCUT2D eigenvalue weighted by Crippen LogP contribution is -2.37. The normalized spacial score (nSPS) is 14.1. The van der Waals surface area contributed by atoms with Crippen molar-refractivity contribution in [2.24, 2.45) is 0 Å². The van der Waals surface area contributed by atoms with E-state index in [1.54, 1.807) is 6.92 Å². The Bertz CT molecular complexity index is 474. The minimum absolute atomic E-state index is 0.165. The van der Waals surface area contributed by atoms with Gasteiger partial charge in [0, 0.05) is 32.3 Å². The lowest BCUT2D eigenvalue weighted by Gasteiger charge is -2.22. The zero-order valence-electron chi connectivity index (χ0n) is 10.7.